The van der Waals surface area contributed by atoms with Gasteiger partial charge in [0.25, 0.3) is 11.1 Å². The van der Waals surface area contributed by atoms with Crippen LogP contribution in [0.4, 0.5) is 0 Å². The van der Waals surface area contributed by atoms with Gasteiger partial charge in [-0.1, -0.05) is 35.4 Å². The lowest BCUT2D eigenvalue weighted by molar-refractivity contribution is 0.0595. The third kappa shape index (κ3) is 4.79. The van der Waals surface area contributed by atoms with Crippen LogP contribution in [0.15, 0.2) is 47.4 Å². The zero-order valence-electron chi connectivity index (χ0n) is 18.7. The number of amides is 1. The molecule has 0 atom stereocenters. The number of hydrogen-bond acceptors (Lipinski definition) is 6. The lowest BCUT2D eigenvalue weighted by atomic mass is 10.1. The van der Waals surface area contributed by atoms with Gasteiger partial charge in [0, 0.05) is 44.6 Å². The van der Waals surface area contributed by atoms with E-state index in [0.717, 1.165) is 29.5 Å². The van der Waals surface area contributed by atoms with Crippen LogP contribution < -0.4 is 4.74 Å². The Labute approximate surface area is 208 Å². The second-order valence-corrected chi connectivity index (χ2v) is 12.0. The van der Waals surface area contributed by atoms with Gasteiger partial charge >= 0.3 is 0 Å². The summed E-state index contributed by atoms with van der Waals surface area (Å²) in [4.78, 5) is 19.5. The lowest BCUT2D eigenvalue weighted by Crippen LogP contribution is -2.41. The molecule has 10 heteroatoms. The average Bonchev–Trinajstić information content (AvgIpc) is 3.28. The summed E-state index contributed by atoms with van der Waals surface area (Å²) in [5.74, 6) is -0.0906. The van der Waals surface area contributed by atoms with Crippen molar-refractivity contribution >= 4 is 49.1 Å². The Morgan fingerprint density at radius 1 is 1.00 bits per heavy atom. The molecule has 2 fully saturated rings. The molecule has 2 aliphatic heterocycles. The van der Waals surface area contributed by atoms with Gasteiger partial charge in [0.2, 0.25) is 10.0 Å². The molecule has 1 aromatic heterocycles. The molecule has 2 aromatic carbocycles. The van der Waals surface area contributed by atoms with Gasteiger partial charge in [-0.3, -0.25) is 4.79 Å². The van der Waals surface area contributed by atoms with Crippen LogP contribution in [-0.4, -0.2) is 60.8 Å². The molecule has 180 valence electrons. The highest BCUT2D eigenvalue weighted by atomic mass is 35.5. The minimum atomic E-state index is -3.50. The van der Waals surface area contributed by atoms with Crippen molar-refractivity contribution in [2.24, 2.45) is 0 Å². The molecule has 7 nitrogen and oxygen atoms in total. The number of piperidine rings is 2. The molecule has 2 saturated heterocycles. The first-order chi connectivity index (χ1) is 16.4. The van der Waals surface area contributed by atoms with Crippen LogP contribution in [0.3, 0.4) is 0 Å². The normalized spacial score (nSPS) is 18.3. The van der Waals surface area contributed by atoms with Gasteiger partial charge < -0.3 is 9.64 Å². The number of rotatable bonds is 5. The predicted octanol–water partition coefficient (Wildman–Crippen LogP) is 4.81. The van der Waals surface area contributed by atoms with E-state index in [1.54, 1.807) is 29.2 Å². The second kappa shape index (κ2) is 9.81. The van der Waals surface area contributed by atoms with Crippen molar-refractivity contribution in [3.05, 3.63) is 53.1 Å². The summed E-state index contributed by atoms with van der Waals surface area (Å²) in [6.45, 7) is 2.26. The van der Waals surface area contributed by atoms with E-state index in [4.69, 9.17) is 16.3 Å². The quantitative estimate of drug-likeness (QED) is 0.483. The fraction of sp³-hybridized carbons (Fsp3) is 0.417. The molecule has 5 rings (SSSR count). The smallest absolute Gasteiger partial charge is 0.274 e. The number of hydrogen-bond donors (Lipinski definition) is 0. The minimum Gasteiger partial charge on any atom is -0.467 e. The summed E-state index contributed by atoms with van der Waals surface area (Å²) < 4.78 is 34.3. The molecule has 0 spiro atoms. The number of benzene rings is 2. The van der Waals surface area contributed by atoms with Crippen LogP contribution in [-0.2, 0) is 10.0 Å². The van der Waals surface area contributed by atoms with E-state index in [1.807, 2.05) is 18.2 Å². The van der Waals surface area contributed by atoms with Crippen molar-refractivity contribution < 1.29 is 17.9 Å². The maximum absolute atomic E-state index is 13.0. The number of sulfonamides is 1. The zero-order chi connectivity index (χ0) is 23.7. The number of likely N-dealkylation sites (tertiary alicyclic amines) is 1. The van der Waals surface area contributed by atoms with Crippen LogP contribution in [0.1, 0.15) is 42.5 Å². The molecule has 0 bridgehead atoms. The minimum absolute atomic E-state index is 0.0135. The molecule has 34 heavy (non-hydrogen) atoms. The first-order valence-electron chi connectivity index (χ1n) is 11.5. The lowest BCUT2D eigenvalue weighted by Gasteiger charge is -2.31. The molecular weight excluding hydrogens is 494 g/mol. The van der Waals surface area contributed by atoms with E-state index in [9.17, 15) is 13.2 Å². The number of carbonyl (C=O) groups is 1. The SMILES string of the molecule is O=C(c1ccc(S(=O)(=O)N2CCCCC2)cc1)N1CCC(Oc2nc3c(Cl)cccc3s2)CC1. The van der Waals surface area contributed by atoms with Gasteiger partial charge in [0.15, 0.2) is 0 Å². The summed E-state index contributed by atoms with van der Waals surface area (Å²) in [5, 5.41) is 1.21. The Morgan fingerprint density at radius 3 is 2.38 bits per heavy atom. The van der Waals surface area contributed by atoms with E-state index in [1.165, 1.54) is 15.6 Å². The maximum Gasteiger partial charge on any atom is 0.274 e. The Balaban J connectivity index is 1.18. The summed E-state index contributed by atoms with van der Waals surface area (Å²) in [6, 6.07) is 12.0. The van der Waals surface area contributed by atoms with Gasteiger partial charge in [-0.2, -0.15) is 4.31 Å². The van der Waals surface area contributed by atoms with Crippen LogP contribution in [0.25, 0.3) is 10.2 Å². The van der Waals surface area contributed by atoms with Gasteiger partial charge in [-0.25, -0.2) is 13.4 Å². The molecule has 3 heterocycles. The van der Waals surface area contributed by atoms with E-state index in [2.05, 4.69) is 4.98 Å². The average molecular weight is 520 g/mol. The number of para-hydroxylation sites is 1. The van der Waals surface area contributed by atoms with Crippen molar-refractivity contribution in [2.75, 3.05) is 26.2 Å². The fourth-order valence-corrected chi connectivity index (χ4v) is 7.17. The molecule has 3 aromatic rings. The molecule has 1 amide bonds. The number of thiazole rings is 1. The van der Waals surface area contributed by atoms with Crippen LogP contribution >= 0.6 is 22.9 Å². The largest absolute Gasteiger partial charge is 0.467 e. The van der Waals surface area contributed by atoms with Gasteiger partial charge in [-0.15, -0.1) is 0 Å². The fourth-order valence-electron chi connectivity index (χ4n) is 4.47. The highest BCUT2D eigenvalue weighted by molar-refractivity contribution is 7.89. The Kier molecular flexibility index (Phi) is 6.79. The zero-order valence-corrected chi connectivity index (χ0v) is 21.0. The first-order valence-corrected chi connectivity index (χ1v) is 14.2. The summed E-state index contributed by atoms with van der Waals surface area (Å²) in [6.07, 6.45) is 4.24. The van der Waals surface area contributed by atoms with Crippen molar-refractivity contribution in [2.45, 2.75) is 43.1 Å². The number of ether oxygens (including phenoxy) is 1. The van der Waals surface area contributed by atoms with Crippen molar-refractivity contribution in [3.8, 4) is 5.19 Å². The summed E-state index contributed by atoms with van der Waals surface area (Å²) in [7, 11) is -3.50. The molecule has 2 aliphatic rings. The predicted molar refractivity (Wildman–Crippen MR) is 133 cm³/mol. The van der Waals surface area contributed by atoms with Gasteiger partial charge in [-0.05, 0) is 49.2 Å². The Hall–Kier alpha value is -2.20. The van der Waals surface area contributed by atoms with Gasteiger partial charge in [0.05, 0.1) is 14.6 Å². The van der Waals surface area contributed by atoms with Crippen LogP contribution in [0.5, 0.6) is 5.19 Å². The van der Waals surface area contributed by atoms with E-state index < -0.39 is 10.0 Å². The summed E-state index contributed by atoms with van der Waals surface area (Å²) in [5.41, 5.74) is 1.25. The number of nitrogens with zero attached hydrogens (tertiary/aromatic N) is 3. The molecule has 0 aliphatic carbocycles. The number of carbonyl (C=O) groups excluding carboxylic acids is 1. The molecular formula is C24H26ClN3O4S2. The van der Waals surface area contributed by atoms with E-state index in [0.29, 0.717) is 54.8 Å². The second-order valence-electron chi connectivity index (χ2n) is 8.66. The highest BCUT2D eigenvalue weighted by Gasteiger charge is 2.28. The van der Waals surface area contributed by atoms with Crippen molar-refractivity contribution in [3.63, 3.8) is 0 Å². The topological polar surface area (TPSA) is 79.8 Å². The molecule has 0 unspecified atom stereocenters. The molecule has 0 saturated carbocycles. The third-order valence-electron chi connectivity index (χ3n) is 6.40. The summed E-state index contributed by atoms with van der Waals surface area (Å²) >= 11 is 7.68. The van der Waals surface area contributed by atoms with E-state index >= 15 is 0 Å². The van der Waals surface area contributed by atoms with Crippen LogP contribution in [0, 0.1) is 0 Å². The van der Waals surface area contributed by atoms with Crippen molar-refractivity contribution in [1.82, 2.24) is 14.2 Å². The Bertz CT molecular complexity index is 1280. The number of aromatic nitrogens is 1. The van der Waals surface area contributed by atoms with Gasteiger partial charge in [0.1, 0.15) is 11.6 Å². The third-order valence-corrected chi connectivity index (χ3v) is 9.53. The maximum atomic E-state index is 13.0. The Morgan fingerprint density at radius 2 is 1.71 bits per heavy atom. The number of halogens is 1. The monoisotopic (exact) mass is 519 g/mol. The van der Waals surface area contributed by atoms with Crippen molar-refractivity contribution in [1.29, 1.82) is 0 Å². The molecule has 0 radical (unpaired) electrons. The first kappa shape index (κ1) is 23.5. The van der Waals surface area contributed by atoms with E-state index in [-0.39, 0.29) is 16.9 Å². The molecule has 0 N–H and O–H groups in total. The highest BCUT2D eigenvalue weighted by Crippen LogP contribution is 2.33. The standard InChI is InChI=1S/C24H26ClN3O4S2/c25-20-5-4-6-21-22(20)26-24(33-21)32-18-11-15-27(16-12-18)23(29)17-7-9-19(10-8-17)34(30,31)28-13-2-1-3-14-28/h4-10,18H,1-3,11-16H2. The van der Waals surface area contributed by atoms with Crippen LogP contribution in [0.2, 0.25) is 5.02 Å². The number of fused-ring (bicyclic) bond motifs is 1.